The zero-order valence-corrected chi connectivity index (χ0v) is 36.0. The Balaban J connectivity index is 2.03. The molecule has 0 saturated heterocycles. The van der Waals surface area contributed by atoms with Crippen LogP contribution in [0.5, 0.6) is 11.5 Å². The molecule has 2 aromatic carbocycles. The van der Waals surface area contributed by atoms with Gasteiger partial charge in [-0.1, -0.05) is 95.4 Å². The molecule has 0 saturated carbocycles. The van der Waals surface area contributed by atoms with E-state index < -0.39 is 33.3 Å². The Morgan fingerprint density at radius 1 is 0.574 bits per heavy atom. The van der Waals surface area contributed by atoms with Crippen LogP contribution in [-0.4, -0.2) is 57.7 Å². The summed E-state index contributed by atoms with van der Waals surface area (Å²) in [4.78, 5) is 0. The minimum atomic E-state index is -2.28. The van der Waals surface area contributed by atoms with Gasteiger partial charge in [0.05, 0.1) is 0 Å². The summed E-state index contributed by atoms with van der Waals surface area (Å²) in [6.45, 7) is 21.5. The van der Waals surface area contributed by atoms with Gasteiger partial charge in [-0.25, -0.2) is 0 Å². The Morgan fingerprint density at radius 3 is 1.66 bits per heavy atom. The quantitative estimate of drug-likeness (QED) is 0.0884. The SMILES string of the molecule is CCCC(CCC(CCCCCCCCc1cccc(O)c1)[Si](C)(C)OC)[Si](C)(C)O[Si](C)(C)C(c1cccc(O)c1)[Si](C)(C)OC. The summed E-state index contributed by atoms with van der Waals surface area (Å²) >= 11 is 0. The molecule has 0 aliphatic carbocycles. The molecular formula is C38H70O5Si4. The highest BCUT2D eigenvalue weighted by Crippen LogP contribution is 2.44. The van der Waals surface area contributed by atoms with E-state index in [1.807, 2.05) is 38.5 Å². The van der Waals surface area contributed by atoms with Gasteiger partial charge in [0.15, 0.2) is 33.3 Å². The first-order chi connectivity index (χ1) is 22.0. The molecule has 3 atom stereocenters. The second-order valence-corrected chi connectivity index (χ2v) is 33.9. The van der Waals surface area contributed by atoms with Crippen LogP contribution in [0.15, 0.2) is 48.5 Å². The Kier molecular flexibility index (Phi) is 17.2. The maximum absolute atomic E-state index is 10.4. The third kappa shape index (κ3) is 13.6. The first kappa shape index (κ1) is 42.0. The summed E-state index contributed by atoms with van der Waals surface area (Å²) in [7, 11) is -4.51. The van der Waals surface area contributed by atoms with Crippen molar-refractivity contribution in [1.29, 1.82) is 0 Å². The van der Waals surface area contributed by atoms with Crippen molar-refractivity contribution in [3.05, 3.63) is 59.7 Å². The van der Waals surface area contributed by atoms with E-state index in [0.717, 1.165) is 6.42 Å². The molecule has 3 unspecified atom stereocenters. The van der Waals surface area contributed by atoms with E-state index in [1.54, 1.807) is 12.1 Å². The minimum absolute atomic E-state index is 0.223. The van der Waals surface area contributed by atoms with Gasteiger partial charge >= 0.3 is 0 Å². The van der Waals surface area contributed by atoms with Crippen molar-refractivity contribution in [2.24, 2.45) is 0 Å². The van der Waals surface area contributed by atoms with Crippen molar-refractivity contribution in [1.82, 2.24) is 0 Å². The number of aromatic hydroxyl groups is 2. The molecule has 0 spiro atoms. The molecule has 0 amide bonds. The largest absolute Gasteiger partial charge is 0.508 e. The zero-order valence-electron chi connectivity index (χ0n) is 32.0. The molecule has 5 nitrogen and oxygen atoms in total. The number of aryl methyl sites for hydroxylation is 1. The Labute approximate surface area is 293 Å². The number of benzene rings is 2. The van der Waals surface area contributed by atoms with E-state index in [9.17, 15) is 10.2 Å². The van der Waals surface area contributed by atoms with Crippen molar-refractivity contribution < 1.29 is 23.2 Å². The molecular weight excluding hydrogens is 649 g/mol. The van der Waals surface area contributed by atoms with Crippen LogP contribution in [0.3, 0.4) is 0 Å². The number of hydrogen-bond acceptors (Lipinski definition) is 5. The van der Waals surface area contributed by atoms with Gasteiger partial charge in [-0.15, -0.1) is 0 Å². The summed E-state index contributed by atoms with van der Waals surface area (Å²) in [6, 6.07) is 15.5. The smallest absolute Gasteiger partial charge is 0.193 e. The van der Waals surface area contributed by atoms with Crippen molar-refractivity contribution in [3.8, 4) is 11.5 Å². The van der Waals surface area contributed by atoms with E-state index in [1.165, 1.54) is 81.8 Å². The predicted octanol–water partition coefficient (Wildman–Crippen LogP) is 11.7. The average molecular weight is 719 g/mol. The fourth-order valence-electron chi connectivity index (χ4n) is 8.02. The molecule has 0 heterocycles. The van der Waals surface area contributed by atoms with Crippen LogP contribution < -0.4 is 0 Å². The van der Waals surface area contributed by atoms with Gasteiger partial charge in [0.25, 0.3) is 0 Å². The predicted molar refractivity (Wildman–Crippen MR) is 212 cm³/mol. The lowest BCUT2D eigenvalue weighted by molar-refractivity contribution is 0.372. The molecule has 2 rings (SSSR count). The van der Waals surface area contributed by atoms with Gasteiger partial charge in [0.2, 0.25) is 0 Å². The van der Waals surface area contributed by atoms with E-state index in [-0.39, 0.29) is 5.16 Å². The lowest BCUT2D eigenvalue weighted by Crippen LogP contribution is -2.58. The molecule has 2 N–H and O–H groups in total. The number of phenols is 2. The molecule has 0 aromatic heterocycles. The van der Waals surface area contributed by atoms with Crippen molar-refractivity contribution in [3.63, 3.8) is 0 Å². The van der Waals surface area contributed by atoms with Crippen LogP contribution >= 0.6 is 0 Å². The average Bonchev–Trinajstić information content (AvgIpc) is 2.98. The molecule has 0 aliphatic rings. The topological polar surface area (TPSA) is 68.2 Å². The second-order valence-electron chi connectivity index (χ2n) is 16.0. The summed E-state index contributed by atoms with van der Waals surface area (Å²) < 4.78 is 20.0. The lowest BCUT2D eigenvalue weighted by atomic mass is 10.0. The van der Waals surface area contributed by atoms with Crippen molar-refractivity contribution in [2.75, 3.05) is 14.2 Å². The summed E-state index contributed by atoms with van der Waals surface area (Å²) in [5.41, 5.74) is 3.67. The van der Waals surface area contributed by atoms with Gasteiger partial charge in [-0.05, 0) is 112 Å². The van der Waals surface area contributed by atoms with Crippen molar-refractivity contribution in [2.45, 2.75) is 153 Å². The highest BCUT2D eigenvalue weighted by molar-refractivity contribution is 6.96. The summed E-state index contributed by atoms with van der Waals surface area (Å²) in [5.74, 6) is 0.690. The van der Waals surface area contributed by atoms with E-state index in [4.69, 9.17) is 13.0 Å². The first-order valence-corrected chi connectivity index (χ1v) is 30.3. The fourth-order valence-corrected chi connectivity index (χ4v) is 28.3. The molecule has 0 aliphatic heterocycles. The van der Waals surface area contributed by atoms with E-state index in [0.29, 0.717) is 22.6 Å². The minimum Gasteiger partial charge on any atom is -0.508 e. The van der Waals surface area contributed by atoms with Gasteiger partial charge in [-0.3, -0.25) is 0 Å². The number of unbranched alkanes of at least 4 members (excludes halogenated alkanes) is 5. The van der Waals surface area contributed by atoms with Crippen LogP contribution in [0.1, 0.15) is 93.8 Å². The van der Waals surface area contributed by atoms with Crippen molar-refractivity contribution >= 4 is 33.3 Å². The van der Waals surface area contributed by atoms with Crippen LogP contribution in [0.4, 0.5) is 0 Å². The lowest BCUT2D eigenvalue weighted by Gasteiger charge is -2.47. The standard InChI is InChI=1S/C38H70O5Si4/c1-12-21-36(45(6,7)43-47(10,11)38(46(8,9)42-3)33-24-20-26-35(40)31-33)28-29-37(44(4,5)41-2)27-18-16-14-13-15-17-22-32-23-19-25-34(39)30-32/h19-20,23-26,30-31,36-40H,12-18,21-22,27-29H2,1-11H3. The van der Waals surface area contributed by atoms with Crippen LogP contribution in [0, 0.1) is 0 Å². The molecule has 47 heavy (non-hydrogen) atoms. The zero-order chi connectivity index (χ0) is 35.3. The van der Waals surface area contributed by atoms with Crippen LogP contribution in [0.25, 0.3) is 0 Å². The Hall–Kier alpha value is -1.21. The molecule has 0 bridgehead atoms. The maximum Gasteiger partial charge on any atom is 0.193 e. The van der Waals surface area contributed by atoms with E-state index in [2.05, 4.69) is 71.4 Å². The fraction of sp³-hybridized carbons (Fsp3) is 0.684. The van der Waals surface area contributed by atoms with Gasteiger partial charge in [0, 0.05) is 19.4 Å². The van der Waals surface area contributed by atoms with Gasteiger partial charge in [0.1, 0.15) is 11.5 Å². The number of rotatable bonds is 23. The maximum atomic E-state index is 10.4. The third-order valence-corrected chi connectivity index (χ3v) is 29.8. The molecule has 268 valence electrons. The highest BCUT2D eigenvalue weighted by atomic mass is 28.5. The van der Waals surface area contributed by atoms with Crippen LogP contribution in [-0.2, 0) is 19.4 Å². The molecule has 0 fully saturated rings. The molecule has 2 aromatic rings. The van der Waals surface area contributed by atoms with Gasteiger partial charge < -0.3 is 23.2 Å². The number of hydrogen-bond donors (Lipinski definition) is 2. The molecule has 9 heteroatoms. The Bertz CT molecular complexity index is 1190. The first-order valence-electron chi connectivity index (χ1n) is 18.4. The van der Waals surface area contributed by atoms with Gasteiger partial charge in [-0.2, -0.15) is 0 Å². The normalized spacial score (nSPS) is 15.0. The highest BCUT2D eigenvalue weighted by Gasteiger charge is 2.50. The number of phenolic OH excluding ortho intramolecular Hbond substituents is 2. The summed E-state index contributed by atoms with van der Waals surface area (Å²) in [6.07, 6.45) is 14.8. The summed E-state index contributed by atoms with van der Waals surface area (Å²) in [5, 5.41) is 20.3. The third-order valence-electron chi connectivity index (χ3n) is 10.8. The second kappa shape index (κ2) is 19.3. The Morgan fingerprint density at radius 2 is 1.11 bits per heavy atom. The monoisotopic (exact) mass is 718 g/mol. The van der Waals surface area contributed by atoms with E-state index >= 15 is 0 Å². The molecule has 0 radical (unpaired) electrons. The van der Waals surface area contributed by atoms with Crippen LogP contribution in [0.2, 0.25) is 63.5 Å².